The van der Waals surface area contributed by atoms with Crippen molar-refractivity contribution in [3.8, 4) is 0 Å². The van der Waals surface area contributed by atoms with E-state index < -0.39 is 5.97 Å². The minimum atomic E-state index is -0.664. The maximum absolute atomic E-state index is 11.1. The predicted octanol–water partition coefficient (Wildman–Crippen LogP) is 2.90. The normalized spacial score (nSPS) is 28.1. The Balaban J connectivity index is 2.29. The molecule has 1 aliphatic rings. The molecule has 0 radical (unpaired) electrons. The first-order valence-electron chi connectivity index (χ1n) is 5.30. The van der Waals surface area contributed by atoms with E-state index in [1.807, 2.05) is 30.3 Å². The lowest BCUT2D eigenvalue weighted by molar-refractivity contribution is -0.151. The van der Waals surface area contributed by atoms with Gasteiger partial charge in [0.2, 0.25) is 0 Å². The van der Waals surface area contributed by atoms with E-state index in [0.717, 1.165) is 12.0 Å². The van der Waals surface area contributed by atoms with Gasteiger partial charge in [-0.15, -0.1) is 0 Å². The van der Waals surface area contributed by atoms with Gasteiger partial charge in [-0.2, -0.15) is 0 Å². The Hall–Kier alpha value is -1.31. The number of hydrogen-bond donors (Lipinski definition) is 1. The van der Waals surface area contributed by atoms with Crippen LogP contribution in [-0.4, -0.2) is 11.1 Å². The van der Waals surface area contributed by atoms with Gasteiger partial charge in [-0.3, -0.25) is 4.79 Å². The van der Waals surface area contributed by atoms with Crippen molar-refractivity contribution in [3.63, 3.8) is 0 Å². The lowest BCUT2D eigenvalue weighted by Gasteiger charge is -2.49. The van der Waals surface area contributed by atoms with Crippen molar-refractivity contribution in [2.75, 3.05) is 0 Å². The fourth-order valence-corrected chi connectivity index (χ4v) is 2.77. The molecule has 1 fully saturated rings. The number of rotatable bonds is 2. The number of hydrogen-bond acceptors (Lipinski definition) is 1. The summed E-state index contributed by atoms with van der Waals surface area (Å²) in [6, 6.07) is 9.97. The summed E-state index contributed by atoms with van der Waals surface area (Å²) < 4.78 is 0. The Bertz CT molecular complexity index is 367. The second kappa shape index (κ2) is 3.37. The molecule has 0 bridgehead atoms. The molecule has 1 N–H and O–H groups in total. The van der Waals surface area contributed by atoms with Crippen molar-refractivity contribution < 1.29 is 9.90 Å². The van der Waals surface area contributed by atoms with Gasteiger partial charge in [0.1, 0.15) is 0 Å². The minimum Gasteiger partial charge on any atom is -0.481 e. The van der Waals surface area contributed by atoms with E-state index in [0.29, 0.717) is 0 Å². The first-order valence-corrected chi connectivity index (χ1v) is 5.30. The van der Waals surface area contributed by atoms with Gasteiger partial charge in [-0.1, -0.05) is 44.2 Å². The van der Waals surface area contributed by atoms with Crippen molar-refractivity contribution in [2.45, 2.75) is 26.2 Å². The molecular formula is C13H16O2. The van der Waals surface area contributed by atoms with E-state index >= 15 is 0 Å². The monoisotopic (exact) mass is 204 g/mol. The predicted molar refractivity (Wildman–Crippen MR) is 58.7 cm³/mol. The SMILES string of the molecule is CC1(C)C[C@@H](C(=O)O)[C@@H]1c1ccccc1. The first kappa shape index (κ1) is 10.2. The topological polar surface area (TPSA) is 37.3 Å². The molecule has 0 saturated heterocycles. The molecule has 80 valence electrons. The van der Waals surface area contributed by atoms with Crippen LogP contribution in [0.25, 0.3) is 0 Å². The molecule has 2 nitrogen and oxygen atoms in total. The smallest absolute Gasteiger partial charge is 0.307 e. The van der Waals surface area contributed by atoms with Crippen molar-refractivity contribution in [1.29, 1.82) is 0 Å². The fourth-order valence-electron chi connectivity index (χ4n) is 2.77. The van der Waals surface area contributed by atoms with Crippen molar-refractivity contribution in [1.82, 2.24) is 0 Å². The number of carboxylic acid groups (broad SMARTS) is 1. The summed E-state index contributed by atoms with van der Waals surface area (Å²) in [5, 5.41) is 9.10. The number of carboxylic acids is 1. The highest BCUT2D eigenvalue weighted by Gasteiger charge is 2.51. The highest BCUT2D eigenvalue weighted by molar-refractivity contribution is 5.73. The van der Waals surface area contributed by atoms with E-state index in [4.69, 9.17) is 5.11 Å². The molecule has 0 heterocycles. The van der Waals surface area contributed by atoms with Crippen molar-refractivity contribution in [3.05, 3.63) is 35.9 Å². The highest BCUT2D eigenvalue weighted by Crippen LogP contribution is 2.56. The van der Waals surface area contributed by atoms with Crippen molar-refractivity contribution >= 4 is 5.97 Å². The van der Waals surface area contributed by atoms with E-state index in [1.165, 1.54) is 0 Å². The molecular weight excluding hydrogens is 188 g/mol. The van der Waals surface area contributed by atoms with Gasteiger partial charge in [0.15, 0.2) is 0 Å². The molecule has 0 amide bonds. The lowest BCUT2D eigenvalue weighted by atomic mass is 9.53. The largest absolute Gasteiger partial charge is 0.481 e. The number of carbonyl (C=O) groups is 1. The third kappa shape index (κ3) is 1.65. The van der Waals surface area contributed by atoms with Gasteiger partial charge in [0.25, 0.3) is 0 Å². The maximum Gasteiger partial charge on any atom is 0.307 e. The van der Waals surface area contributed by atoms with Crippen LogP contribution in [0.5, 0.6) is 0 Å². The fraction of sp³-hybridized carbons (Fsp3) is 0.462. The number of benzene rings is 1. The third-order valence-corrected chi connectivity index (χ3v) is 3.47. The molecule has 2 atom stereocenters. The van der Waals surface area contributed by atoms with Crippen LogP contribution in [0.4, 0.5) is 0 Å². The van der Waals surface area contributed by atoms with Crippen LogP contribution >= 0.6 is 0 Å². The summed E-state index contributed by atoms with van der Waals surface area (Å²) in [6.45, 7) is 4.29. The van der Waals surface area contributed by atoms with Crippen LogP contribution in [0, 0.1) is 11.3 Å². The van der Waals surface area contributed by atoms with Gasteiger partial charge < -0.3 is 5.11 Å². The lowest BCUT2D eigenvalue weighted by Crippen LogP contribution is -2.45. The molecule has 1 aromatic rings. The molecule has 0 spiro atoms. The Morgan fingerprint density at radius 1 is 1.33 bits per heavy atom. The zero-order valence-corrected chi connectivity index (χ0v) is 9.10. The second-order valence-electron chi connectivity index (χ2n) is 5.03. The van der Waals surface area contributed by atoms with Gasteiger partial charge in [-0.05, 0) is 17.4 Å². The second-order valence-corrected chi connectivity index (χ2v) is 5.03. The zero-order chi connectivity index (χ0) is 11.1. The summed E-state index contributed by atoms with van der Waals surface area (Å²) in [5.74, 6) is -0.707. The Kier molecular flexibility index (Phi) is 2.29. The molecule has 1 aromatic carbocycles. The molecule has 1 saturated carbocycles. The molecule has 1 aliphatic carbocycles. The average Bonchev–Trinajstić information content (AvgIpc) is 2.16. The first-order chi connectivity index (χ1) is 7.02. The molecule has 0 aromatic heterocycles. The Morgan fingerprint density at radius 3 is 2.40 bits per heavy atom. The minimum absolute atomic E-state index is 0.115. The van der Waals surface area contributed by atoms with E-state index in [1.54, 1.807) is 0 Å². The molecule has 2 heteroatoms. The van der Waals surface area contributed by atoms with Gasteiger partial charge in [0, 0.05) is 5.92 Å². The standard InChI is InChI=1S/C13H16O2/c1-13(2)8-10(12(14)15)11(13)9-6-4-3-5-7-9/h3-7,10-11H,8H2,1-2H3,(H,14,15)/t10-,11+/m1/s1. The molecule has 0 aliphatic heterocycles. The summed E-state index contributed by atoms with van der Waals surface area (Å²) in [7, 11) is 0. The molecule has 0 unspecified atom stereocenters. The Labute approximate surface area is 89.9 Å². The van der Waals surface area contributed by atoms with Crippen LogP contribution in [0.3, 0.4) is 0 Å². The quantitative estimate of drug-likeness (QED) is 0.804. The average molecular weight is 204 g/mol. The number of aliphatic carboxylic acids is 1. The van der Waals surface area contributed by atoms with Crippen LogP contribution in [0.1, 0.15) is 31.7 Å². The van der Waals surface area contributed by atoms with Crippen molar-refractivity contribution in [2.24, 2.45) is 11.3 Å². The summed E-state index contributed by atoms with van der Waals surface area (Å²) >= 11 is 0. The van der Waals surface area contributed by atoms with Crippen LogP contribution < -0.4 is 0 Å². The van der Waals surface area contributed by atoms with E-state index in [2.05, 4.69) is 13.8 Å². The van der Waals surface area contributed by atoms with E-state index in [9.17, 15) is 4.79 Å². The van der Waals surface area contributed by atoms with Gasteiger partial charge in [-0.25, -0.2) is 0 Å². The summed E-state index contributed by atoms with van der Waals surface area (Å²) in [5.41, 5.74) is 1.27. The van der Waals surface area contributed by atoms with Gasteiger partial charge in [0.05, 0.1) is 5.92 Å². The van der Waals surface area contributed by atoms with Crippen LogP contribution in [0.2, 0.25) is 0 Å². The summed E-state index contributed by atoms with van der Waals surface area (Å²) in [6.07, 6.45) is 0.780. The van der Waals surface area contributed by atoms with E-state index in [-0.39, 0.29) is 17.3 Å². The van der Waals surface area contributed by atoms with Crippen LogP contribution in [-0.2, 0) is 4.79 Å². The van der Waals surface area contributed by atoms with Crippen LogP contribution in [0.15, 0.2) is 30.3 Å². The molecule has 2 rings (SSSR count). The zero-order valence-electron chi connectivity index (χ0n) is 9.10. The third-order valence-electron chi connectivity index (χ3n) is 3.47. The molecule has 15 heavy (non-hydrogen) atoms. The summed E-state index contributed by atoms with van der Waals surface area (Å²) in [4.78, 5) is 11.1. The Morgan fingerprint density at radius 2 is 1.93 bits per heavy atom. The maximum atomic E-state index is 11.1. The highest BCUT2D eigenvalue weighted by atomic mass is 16.4. The van der Waals surface area contributed by atoms with Gasteiger partial charge >= 0.3 is 5.97 Å².